The van der Waals surface area contributed by atoms with Crippen LogP contribution in [0.15, 0.2) is 77.7 Å². The number of nitrogens with zero attached hydrogens (tertiary/aromatic N) is 1. The second kappa shape index (κ2) is 11.9. The lowest BCUT2D eigenvalue weighted by Gasteiger charge is -2.24. The molecule has 0 radical (unpaired) electrons. The summed E-state index contributed by atoms with van der Waals surface area (Å²) in [6, 6.07) is 19.5. The summed E-state index contributed by atoms with van der Waals surface area (Å²) in [6.45, 7) is 1.87. The Balaban J connectivity index is 1.66. The van der Waals surface area contributed by atoms with Crippen molar-refractivity contribution in [1.82, 2.24) is 5.32 Å². The molecule has 0 aliphatic heterocycles. The van der Waals surface area contributed by atoms with E-state index in [1.54, 1.807) is 54.6 Å². The number of sulfonamides is 1. The highest BCUT2D eigenvalue weighted by molar-refractivity contribution is 7.98. The minimum atomic E-state index is -3.99. The Kier molecular flexibility index (Phi) is 8.95. The van der Waals surface area contributed by atoms with Crippen LogP contribution in [-0.2, 0) is 20.6 Å². The largest absolute Gasteiger partial charge is 0.497 e. The minimum absolute atomic E-state index is 0.0575. The zero-order valence-corrected chi connectivity index (χ0v) is 20.7. The number of anilines is 1. The topological polar surface area (TPSA) is 75.7 Å². The summed E-state index contributed by atoms with van der Waals surface area (Å²) in [7, 11) is -2.49. The normalized spacial score (nSPS) is 11.1. The Morgan fingerprint density at radius 2 is 1.71 bits per heavy atom. The van der Waals surface area contributed by atoms with Crippen LogP contribution in [0.2, 0.25) is 0 Å². The first-order valence-corrected chi connectivity index (χ1v) is 13.2. The highest BCUT2D eigenvalue weighted by Crippen LogP contribution is 2.25. The van der Waals surface area contributed by atoms with Crippen molar-refractivity contribution < 1.29 is 22.3 Å². The number of thioether (sulfide) groups is 1. The number of methoxy groups -OCH3 is 1. The Morgan fingerprint density at radius 1 is 1.03 bits per heavy atom. The van der Waals surface area contributed by atoms with Crippen LogP contribution in [0, 0.1) is 12.7 Å². The number of ether oxygens (including phenoxy) is 1. The highest BCUT2D eigenvalue weighted by Gasteiger charge is 2.27. The van der Waals surface area contributed by atoms with Gasteiger partial charge in [-0.3, -0.25) is 9.10 Å². The molecule has 3 aromatic rings. The van der Waals surface area contributed by atoms with Crippen LogP contribution >= 0.6 is 11.8 Å². The molecule has 0 heterocycles. The maximum atomic E-state index is 13.7. The number of benzene rings is 3. The third-order valence-electron chi connectivity index (χ3n) is 5.04. The molecule has 0 saturated heterocycles. The van der Waals surface area contributed by atoms with E-state index in [0.29, 0.717) is 35.1 Å². The fraction of sp³-hybridized carbons (Fsp3) is 0.240. The number of carbonyl (C=O) groups excluding carboxylic acids is 1. The summed E-state index contributed by atoms with van der Waals surface area (Å²) < 4.78 is 46.7. The standard InChI is InChI=1S/C25H27FN2O4S2/c1-19-7-9-21(10-8-19)28(34(30,31)23-13-11-22(32-2)12-14-23)17-25(29)27-15-16-33-18-20-5-3-4-6-24(20)26/h3-14H,15-18H2,1-2H3,(H,27,29). The van der Waals surface area contributed by atoms with E-state index >= 15 is 0 Å². The lowest BCUT2D eigenvalue weighted by Crippen LogP contribution is -2.41. The number of hydrogen-bond acceptors (Lipinski definition) is 5. The zero-order valence-electron chi connectivity index (χ0n) is 19.0. The minimum Gasteiger partial charge on any atom is -0.497 e. The fourth-order valence-electron chi connectivity index (χ4n) is 3.15. The summed E-state index contributed by atoms with van der Waals surface area (Å²) in [6.07, 6.45) is 0. The molecule has 0 fully saturated rings. The highest BCUT2D eigenvalue weighted by atomic mass is 32.2. The van der Waals surface area contributed by atoms with Gasteiger partial charge in [0.15, 0.2) is 0 Å². The van der Waals surface area contributed by atoms with E-state index in [1.807, 2.05) is 6.92 Å². The molecule has 0 saturated carbocycles. The third kappa shape index (κ3) is 6.74. The van der Waals surface area contributed by atoms with Gasteiger partial charge in [0, 0.05) is 18.1 Å². The van der Waals surface area contributed by atoms with Crippen molar-refractivity contribution in [3.05, 3.63) is 89.7 Å². The lowest BCUT2D eigenvalue weighted by molar-refractivity contribution is -0.119. The Morgan fingerprint density at radius 3 is 2.35 bits per heavy atom. The predicted molar refractivity (Wildman–Crippen MR) is 134 cm³/mol. The molecule has 0 aliphatic carbocycles. The van der Waals surface area contributed by atoms with E-state index in [0.717, 1.165) is 9.87 Å². The Hall–Kier alpha value is -3.04. The molecule has 0 aromatic heterocycles. The summed E-state index contributed by atoms with van der Waals surface area (Å²) in [5, 5.41) is 2.76. The van der Waals surface area contributed by atoms with Crippen molar-refractivity contribution in [3.8, 4) is 5.75 Å². The lowest BCUT2D eigenvalue weighted by atomic mass is 10.2. The van der Waals surface area contributed by atoms with Gasteiger partial charge in [-0.15, -0.1) is 0 Å². The molecule has 1 amide bonds. The van der Waals surface area contributed by atoms with Crippen molar-refractivity contribution in [2.45, 2.75) is 17.6 Å². The number of carbonyl (C=O) groups is 1. The van der Waals surface area contributed by atoms with Crippen LogP contribution in [0.4, 0.5) is 10.1 Å². The molecule has 9 heteroatoms. The van der Waals surface area contributed by atoms with E-state index in [2.05, 4.69) is 5.32 Å². The van der Waals surface area contributed by atoms with Crippen LogP contribution in [0.3, 0.4) is 0 Å². The van der Waals surface area contributed by atoms with Gasteiger partial charge in [0.1, 0.15) is 18.1 Å². The van der Waals surface area contributed by atoms with Crippen molar-refractivity contribution in [3.63, 3.8) is 0 Å². The summed E-state index contributed by atoms with van der Waals surface area (Å²) in [4.78, 5) is 12.7. The predicted octanol–water partition coefficient (Wildman–Crippen LogP) is 4.39. The first-order valence-electron chi connectivity index (χ1n) is 10.6. The molecular weight excluding hydrogens is 475 g/mol. The fourth-order valence-corrected chi connectivity index (χ4v) is 5.41. The van der Waals surface area contributed by atoms with Gasteiger partial charge in [0.25, 0.3) is 10.0 Å². The zero-order chi connectivity index (χ0) is 24.6. The first kappa shape index (κ1) is 25.6. The van der Waals surface area contributed by atoms with Gasteiger partial charge in [0.2, 0.25) is 5.91 Å². The molecule has 34 heavy (non-hydrogen) atoms. The number of nitrogens with one attached hydrogen (secondary N) is 1. The van der Waals surface area contributed by atoms with Crippen LogP contribution < -0.4 is 14.4 Å². The second-order valence-electron chi connectivity index (χ2n) is 7.52. The quantitative estimate of drug-likeness (QED) is 0.394. The number of halogens is 1. The molecule has 3 aromatic carbocycles. The van der Waals surface area contributed by atoms with Gasteiger partial charge in [-0.2, -0.15) is 11.8 Å². The average Bonchev–Trinajstić information content (AvgIpc) is 2.84. The van der Waals surface area contributed by atoms with Gasteiger partial charge >= 0.3 is 0 Å². The molecule has 0 atom stereocenters. The average molecular weight is 503 g/mol. The van der Waals surface area contributed by atoms with Gasteiger partial charge in [-0.1, -0.05) is 35.9 Å². The van der Waals surface area contributed by atoms with Crippen molar-refractivity contribution in [1.29, 1.82) is 0 Å². The molecule has 0 spiro atoms. The van der Waals surface area contributed by atoms with Crippen LogP contribution in [0.1, 0.15) is 11.1 Å². The molecule has 6 nitrogen and oxygen atoms in total. The van der Waals surface area contributed by atoms with Gasteiger partial charge < -0.3 is 10.1 Å². The van der Waals surface area contributed by atoms with Gasteiger partial charge in [0.05, 0.1) is 17.7 Å². The van der Waals surface area contributed by atoms with Crippen LogP contribution in [0.5, 0.6) is 5.75 Å². The van der Waals surface area contributed by atoms with Gasteiger partial charge in [-0.25, -0.2) is 12.8 Å². The van der Waals surface area contributed by atoms with E-state index in [9.17, 15) is 17.6 Å². The number of amides is 1. The van der Waals surface area contributed by atoms with Crippen molar-refractivity contribution in [2.24, 2.45) is 0 Å². The van der Waals surface area contributed by atoms with Gasteiger partial charge in [-0.05, 0) is 55.0 Å². The third-order valence-corrected chi connectivity index (χ3v) is 7.84. The Labute approximate surface area is 204 Å². The monoisotopic (exact) mass is 502 g/mol. The van der Waals surface area contributed by atoms with Crippen molar-refractivity contribution >= 4 is 33.4 Å². The number of aryl methyl sites for hydroxylation is 1. The Bertz CT molecular complexity index is 1200. The van der Waals surface area contributed by atoms with Crippen LogP contribution in [-0.4, -0.2) is 40.3 Å². The number of rotatable bonds is 11. The molecule has 3 rings (SSSR count). The molecule has 0 aliphatic rings. The van der Waals surface area contributed by atoms with E-state index in [4.69, 9.17) is 4.74 Å². The summed E-state index contributed by atoms with van der Waals surface area (Å²) in [5.41, 5.74) is 1.97. The second-order valence-corrected chi connectivity index (χ2v) is 10.5. The smallest absolute Gasteiger partial charge is 0.264 e. The summed E-state index contributed by atoms with van der Waals surface area (Å²) >= 11 is 1.49. The SMILES string of the molecule is COc1ccc(S(=O)(=O)N(CC(=O)NCCSCc2ccccc2F)c2ccc(C)cc2)cc1. The molecular formula is C25H27FN2O4S2. The molecule has 180 valence electrons. The summed E-state index contributed by atoms with van der Waals surface area (Å²) in [5.74, 6) is 0.909. The molecule has 0 unspecified atom stereocenters. The van der Waals surface area contributed by atoms with E-state index in [-0.39, 0.29) is 17.3 Å². The van der Waals surface area contributed by atoms with E-state index in [1.165, 1.54) is 37.1 Å². The van der Waals surface area contributed by atoms with Crippen molar-refractivity contribution in [2.75, 3.05) is 30.3 Å². The number of hydrogen-bond donors (Lipinski definition) is 1. The maximum Gasteiger partial charge on any atom is 0.264 e. The first-order chi connectivity index (χ1) is 16.3. The van der Waals surface area contributed by atoms with Crippen LogP contribution in [0.25, 0.3) is 0 Å². The molecule has 0 bridgehead atoms. The van der Waals surface area contributed by atoms with E-state index < -0.39 is 15.9 Å². The maximum absolute atomic E-state index is 13.7. The molecule has 1 N–H and O–H groups in total.